The summed E-state index contributed by atoms with van der Waals surface area (Å²) in [5.74, 6) is -0.0554. The Hall–Kier alpha value is -1.60. The summed E-state index contributed by atoms with van der Waals surface area (Å²) < 4.78 is 0.734. The molecule has 0 radical (unpaired) electrons. The van der Waals surface area contributed by atoms with Gasteiger partial charge in [0.25, 0.3) is 0 Å². The highest BCUT2D eigenvalue weighted by molar-refractivity contribution is 9.10. The zero-order chi connectivity index (χ0) is 15.0. The molecule has 1 fully saturated rings. The number of anilines is 1. The van der Waals surface area contributed by atoms with Crippen LogP contribution < -0.4 is 16.3 Å². The average Bonchev–Trinajstić information content (AvgIpc) is 2.79. The van der Waals surface area contributed by atoms with E-state index < -0.39 is 5.54 Å². The van der Waals surface area contributed by atoms with Crippen LogP contribution in [0.4, 0.5) is 5.69 Å². The maximum Gasteiger partial charge on any atom is 0.323 e. The molecule has 21 heavy (non-hydrogen) atoms. The van der Waals surface area contributed by atoms with Gasteiger partial charge in [-0.05, 0) is 60.8 Å². The molecule has 0 aliphatic carbocycles. The quantitative estimate of drug-likeness (QED) is 0.667. The molecule has 0 saturated carbocycles. The van der Waals surface area contributed by atoms with Gasteiger partial charge in [0.15, 0.2) is 0 Å². The topological polar surface area (TPSA) is 89.8 Å². The third kappa shape index (κ3) is 2.75. The van der Waals surface area contributed by atoms with Crippen LogP contribution in [-0.4, -0.2) is 28.0 Å². The first kappa shape index (κ1) is 14.3. The molecule has 1 aliphatic heterocycles. The minimum absolute atomic E-state index is 0.0554. The summed E-state index contributed by atoms with van der Waals surface area (Å²) in [5.41, 5.74) is 1.21. The molecule has 1 saturated heterocycles. The van der Waals surface area contributed by atoms with Crippen LogP contribution >= 0.6 is 15.9 Å². The van der Waals surface area contributed by atoms with Gasteiger partial charge in [0.1, 0.15) is 0 Å². The van der Waals surface area contributed by atoms with E-state index in [4.69, 9.17) is 0 Å². The maximum absolute atomic E-state index is 12.5. The number of halogens is 1. The highest BCUT2D eigenvalue weighted by Crippen LogP contribution is 2.28. The van der Waals surface area contributed by atoms with Gasteiger partial charge in [-0.3, -0.25) is 4.79 Å². The van der Waals surface area contributed by atoms with Gasteiger partial charge in [-0.25, -0.2) is 4.79 Å². The predicted molar refractivity (Wildman–Crippen MR) is 85.5 cm³/mol. The second-order valence-corrected chi connectivity index (χ2v) is 6.48. The third-order valence-electron chi connectivity index (χ3n) is 3.97. The number of benzene rings is 1. The maximum atomic E-state index is 12.5. The van der Waals surface area contributed by atoms with Gasteiger partial charge in [0, 0.05) is 4.47 Å². The molecule has 1 aromatic carbocycles. The Balaban J connectivity index is 1.88. The number of fused-ring (bicyclic) bond motifs is 1. The summed E-state index contributed by atoms with van der Waals surface area (Å²) in [6, 6.07) is 3.53. The second-order valence-electron chi connectivity index (χ2n) is 5.63. The highest BCUT2D eigenvalue weighted by atomic mass is 79.9. The fourth-order valence-corrected chi connectivity index (χ4v) is 3.10. The fourth-order valence-electron chi connectivity index (χ4n) is 2.66. The van der Waals surface area contributed by atoms with E-state index in [1.54, 1.807) is 12.1 Å². The van der Waals surface area contributed by atoms with Gasteiger partial charge in [-0.1, -0.05) is 0 Å². The smallest absolute Gasteiger partial charge is 0.323 e. The molecular formula is C14H17BrN4O2. The van der Waals surface area contributed by atoms with Crippen LogP contribution in [0.5, 0.6) is 0 Å². The molecule has 112 valence electrons. The van der Waals surface area contributed by atoms with E-state index in [2.05, 4.69) is 36.5 Å². The molecule has 1 aromatic heterocycles. The summed E-state index contributed by atoms with van der Waals surface area (Å²) in [7, 11) is 0. The van der Waals surface area contributed by atoms with E-state index in [-0.39, 0.29) is 11.6 Å². The van der Waals surface area contributed by atoms with Crippen LogP contribution in [0.25, 0.3) is 11.0 Å². The van der Waals surface area contributed by atoms with Crippen LogP contribution in [0.2, 0.25) is 0 Å². The van der Waals surface area contributed by atoms with Gasteiger partial charge in [-0.15, -0.1) is 0 Å². The lowest BCUT2D eigenvalue weighted by molar-refractivity contribution is -0.122. The molecule has 1 atom stereocenters. The van der Waals surface area contributed by atoms with Crippen molar-refractivity contribution >= 4 is 38.6 Å². The number of imidazole rings is 1. The summed E-state index contributed by atoms with van der Waals surface area (Å²) >= 11 is 3.43. The van der Waals surface area contributed by atoms with Crippen LogP contribution in [-0.2, 0) is 4.79 Å². The van der Waals surface area contributed by atoms with Crippen molar-refractivity contribution in [2.24, 2.45) is 0 Å². The molecular weight excluding hydrogens is 336 g/mol. The third-order valence-corrected chi connectivity index (χ3v) is 4.63. The monoisotopic (exact) mass is 352 g/mol. The molecule has 7 heteroatoms. The molecule has 2 aromatic rings. The van der Waals surface area contributed by atoms with Crippen molar-refractivity contribution in [3.05, 3.63) is 27.1 Å². The van der Waals surface area contributed by atoms with Crippen molar-refractivity contribution in [1.29, 1.82) is 0 Å². The van der Waals surface area contributed by atoms with Crippen molar-refractivity contribution < 1.29 is 4.79 Å². The molecule has 2 heterocycles. The molecule has 1 amide bonds. The lowest BCUT2D eigenvalue weighted by atomic mass is 9.90. The average molecular weight is 353 g/mol. The Bertz CT molecular complexity index is 743. The van der Waals surface area contributed by atoms with E-state index >= 15 is 0 Å². The summed E-state index contributed by atoms with van der Waals surface area (Å²) in [5, 5.41) is 6.22. The normalized spacial score (nSPS) is 22.4. The minimum atomic E-state index is -0.543. The van der Waals surface area contributed by atoms with E-state index in [1.165, 1.54) is 0 Å². The van der Waals surface area contributed by atoms with E-state index in [9.17, 15) is 9.59 Å². The van der Waals surface area contributed by atoms with Gasteiger partial charge in [0.05, 0.1) is 22.3 Å². The number of carbonyl (C=O) groups excluding carboxylic acids is 1. The predicted octanol–water partition coefficient (Wildman–Crippen LogP) is 2.09. The SMILES string of the molecule is CC1(C(=O)Nc2cc3[nH]c(=O)[nH]c3cc2Br)CCCCN1. The number of hydrogen-bond acceptors (Lipinski definition) is 3. The second kappa shape index (κ2) is 5.31. The van der Waals surface area contributed by atoms with Gasteiger partial charge in [0.2, 0.25) is 5.91 Å². The number of carbonyl (C=O) groups is 1. The fraction of sp³-hybridized carbons (Fsp3) is 0.429. The molecule has 0 spiro atoms. The van der Waals surface area contributed by atoms with Gasteiger partial charge < -0.3 is 20.6 Å². The van der Waals surface area contributed by atoms with Gasteiger partial charge >= 0.3 is 5.69 Å². The van der Waals surface area contributed by atoms with Crippen LogP contribution in [0.15, 0.2) is 21.4 Å². The summed E-state index contributed by atoms with van der Waals surface area (Å²) in [6.07, 6.45) is 2.96. The first-order chi connectivity index (χ1) is 9.98. The number of amides is 1. The lowest BCUT2D eigenvalue weighted by Crippen LogP contribution is -2.54. The van der Waals surface area contributed by atoms with Crippen molar-refractivity contribution in [3.63, 3.8) is 0 Å². The number of aromatic amines is 2. The van der Waals surface area contributed by atoms with E-state index in [0.29, 0.717) is 16.7 Å². The van der Waals surface area contributed by atoms with Crippen molar-refractivity contribution in [1.82, 2.24) is 15.3 Å². The summed E-state index contributed by atoms with van der Waals surface area (Å²) in [4.78, 5) is 29.2. The van der Waals surface area contributed by atoms with Crippen molar-refractivity contribution in [3.8, 4) is 0 Å². The van der Waals surface area contributed by atoms with Crippen LogP contribution in [0.1, 0.15) is 26.2 Å². The number of hydrogen-bond donors (Lipinski definition) is 4. The Morgan fingerprint density at radius 3 is 2.67 bits per heavy atom. The molecule has 4 N–H and O–H groups in total. The Labute approximate surface area is 129 Å². The van der Waals surface area contributed by atoms with Crippen molar-refractivity contribution in [2.75, 3.05) is 11.9 Å². The lowest BCUT2D eigenvalue weighted by Gasteiger charge is -2.33. The Kier molecular flexibility index (Phi) is 3.62. The number of nitrogens with one attached hydrogen (secondary N) is 4. The van der Waals surface area contributed by atoms with Crippen LogP contribution in [0, 0.1) is 0 Å². The standard InChI is InChI=1S/C14H17BrN4O2/c1-14(4-2-3-5-16-14)12(20)17-9-7-11-10(6-8(9)15)18-13(21)19-11/h6-7,16H,2-5H2,1H3,(H,17,20)(H2,18,19,21). The molecule has 1 aliphatic rings. The molecule has 1 unspecified atom stereocenters. The molecule has 0 bridgehead atoms. The van der Waals surface area contributed by atoms with Crippen molar-refractivity contribution in [2.45, 2.75) is 31.7 Å². The van der Waals surface area contributed by atoms with E-state index in [1.807, 2.05) is 6.92 Å². The highest BCUT2D eigenvalue weighted by Gasteiger charge is 2.34. The number of H-pyrrole nitrogens is 2. The number of aromatic nitrogens is 2. The Morgan fingerprint density at radius 2 is 2.00 bits per heavy atom. The zero-order valence-corrected chi connectivity index (χ0v) is 13.3. The largest absolute Gasteiger partial charge is 0.323 e. The first-order valence-corrected chi connectivity index (χ1v) is 7.75. The number of rotatable bonds is 2. The van der Waals surface area contributed by atoms with E-state index in [0.717, 1.165) is 30.3 Å². The molecule has 6 nitrogen and oxygen atoms in total. The van der Waals surface area contributed by atoms with Crippen LogP contribution in [0.3, 0.4) is 0 Å². The molecule has 3 rings (SSSR count). The zero-order valence-electron chi connectivity index (χ0n) is 11.7. The Morgan fingerprint density at radius 1 is 1.29 bits per heavy atom. The number of piperidine rings is 1. The minimum Gasteiger partial charge on any atom is -0.323 e. The first-order valence-electron chi connectivity index (χ1n) is 6.96. The summed E-state index contributed by atoms with van der Waals surface area (Å²) in [6.45, 7) is 2.78. The van der Waals surface area contributed by atoms with Gasteiger partial charge in [-0.2, -0.15) is 0 Å².